The monoisotopic (exact) mass is 458 g/mol. The number of hydrogen-bond acceptors (Lipinski definition) is 7. The van der Waals surface area contributed by atoms with Gasteiger partial charge in [-0.2, -0.15) is 0 Å². The lowest BCUT2D eigenvalue weighted by Gasteiger charge is -2.03. The number of amides is 1. The van der Waals surface area contributed by atoms with Crippen molar-refractivity contribution in [1.82, 2.24) is 24.7 Å². The summed E-state index contributed by atoms with van der Waals surface area (Å²) in [5.74, 6) is -0.00549. The van der Waals surface area contributed by atoms with Crippen LogP contribution in [0.4, 0.5) is 5.13 Å². The second-order valence-electron chi connectivity index (χ2n) is 6.92. The molecule has 0 unspecified atom stereocenters. The Morgan fingerprint density at radius 1 is 1.09 bits per heavy atom. The molecule has 0 aliphatic carbocycles. The van der Waals surface area contributed by atoms with E-state index < -0.39 is 0 Å². The molecule has 0 aliphatic heterocycles. The van der Waals surface area contributed by atoms with Crippen LogP contribution in [0.3, 0.4) is 0 Å². The van der Waals surface area contributed by atoms with Gasteiger partial charge in [-0.15, -0.1) is 28.1 Å². The fourth-order valence-corrected chi connectivity index (χ4v) is 4.74. The molecule has 32 heavy (non-hydrogen) atoms. The quantitative estimate of drug-likeness (QED) is 0.272. The number of carbonyl (C=O) groups is 1. The van der Waals surface area contributed by atoms with Crippen LogP contribution >= 0.6 is 23.1 Å². The number of thiazole rings is 1. The highest BCUT2D eigenvalue weighted by Crippen LogP contribution is 2.28. The van der Waals surface area contributed by atoms with Crippen LogP contribution in [-0.2, 0) is 11.3 Å². The van der Waals surface area contributed by atoms with E-state index in [-0.39, 0.29) is 11.7 Å². The molecule has 1 amide bonds. The number of anilines is 1. The minimum absolute atomic E-state index is 0.162. The van der Waals surface area contributed by atoms with Crippen LogP contribution in [0.15, 0.2) is 77.8 Å². The van der Waals surface area contributed by atoms with Crippen molar-refractivity contribution < 1.29 is 4.79 Å². The smallest absolute Gasteiger partial charge is 0.236 e. The van der Waals surface area contributed by atoms with Crippen LogP contribution in [0.25, 0.3) is 33.3 Å². The SMILES string of the molecule is C=CCn1c2ccccc2c2nnc(SCC(=O)Nc3nc(-c4ccccc4)cs3)nc21. The highest BCUT2D eigenvalue weighted by molar-refractivity contribution is 7.99. The van der Waals surface area contributed by atoms with Crippen molar-refractivity contribution in [2.45, 2.75) is 11.7 Å². The number of para-hydroxylation sites is 1. The number of aromatic nitrogens is 5. The van der Waals surface area contributed by atoms with Gasteiger partial charge in [0.15, 0.2) is 10.8 Å². The van der Waals surface area contributed by atoms with Crippen molar-refractivity contribution in [1.29, 1.82) is 0 Å². The van der Waals surface area contributed by atoms with Crippen molar-refractivity contribution in [3.63, 3.8) is 0 Å². The lowest BCUT2D eigenvalue weighted by Crippen LogP contribution is -2.14. The van der Waals surface area contributed by atoms with Crippen LogP contribution in [0.5, 0.6) is 0 Å². The van der Waals surface area contributed by atoms with Gasteiger partial charge in [0, 0.05) is 22.9 Å². The van der Waals surface area contributed by atoms with Gasteiger partial charge >= 0.3 is 0 Å². The topological polar surface area (TPSA) is 85.6 Å². The first kappa shape index (κ1) is 20.3. The van der Waals surface area contributed by atoms with E-state index in [2.05, 4.69) is 36.6 Å². The van der Waals surface area contributed by atoms with Gasteiger partial charge in [-0.3, -0.25) is 4.79 Å². The Labute approximate surface area is 192 Å². The van der Waals surface area contributed by atoms with Gasteiger partial charge in [0.25, 0.3) is 0 Å². The van der Waals surface area contributed by atoms with Gasteiger partial charge < -0.3 is 9.88 Å². The molecule has 3 heterocycles. The second kappa shape index (κ2) is 8.89. The Morgan fingerprint density at radius 2 is 1.91 bits per heavy atom. The van der Waals surface area contributed by atoms with E-state index in [4.69, 9.17) is 0 Å². The first-order valence-corrected chi connectivity index (χ1v) is 11.8. The number of allylic oxidation sites excluding steroid dienone is 1. The molecule has 0 radical (unpaired) electrons. The van der Waals surface area contributed by atoms with Crippen molar-refractivity contribution in [3.05, 3.63) is 72.6 Å². The Bertz CT molecular complexity index is 1430. The zero-order chi connectivity index (χ0) is 21.9. The van der Waals surface area contributed by atoms with Crippen LogP contribution in [0.2, 0.25) is 0 Å². The Balaban J connectivity index is 1.30. The van der Waals surface area contributed by atoms with Crippen LogP contribution in [0.1, 0.15) is 0 Å². The molecule has 9 heteroatoms. The maximum atomic E-state index is 12.4. The third-order valence-corrected chi connectivity index (χ3v) is 6.41. The van der Waals surface area contributed by atoms with Crippen molar-refractivity contribution >= 4 is 56.2 Å². The van der Waals surface area contributed by atoms with Gasteiger partial charge in [-0.25, -0.2) is 9.97 Å². The lowest BCUT2D eigenvalue weighted by atomic mass is 10.2. The number of rotatable bonds is 7. The van der Waals surface area contributed by atoms with Gasteiger partial charge in [-0.05, 0) is 6.07 Å². The summed E-state index contributed by atoms with van der Waals surface area (Å²) in [6.45, 7) is 4.46. The molecule has 0 saturated carbocycles. The normalized spacial score (nSPS) is 11.1. The summed E-state index contributed by atoms with van der Waals surface area (Å²) < 4.78 is 2.05. The summed E-state index contributed by atoms with van der Waals surface area (Å²) in [5, 5.41) is 15.4. The molecular weight excluding hydrogens is 440 g/mol. The maximum Gasteiger partial charge on any atom is 0.236 e. The maximum absolute atomic E-state index is 12.4. The zero-order valence-electron chi connectivity index (χ0n) is 16.9. The van der Waals surface area contributed by atoms with Crippen molar-refractivity contribution in [3.8, 4) is 11.3 Å². The third-order valence-electron chi connectivity index (χ3n) is 4.82. The largest absolute Gasteiger partial charge is 0.320 e. The number of carbonyl (C=O) groups excluding carboxylic acids is 1. The molecular formula is C23H18N6OS2. The number of nitrogens with one attached hydrogen (secondary N) is 1. The first-order chi connectivity index (χ1) is 15.7. The molecule has 5 rings (SSSR count). The minimum atomic E-state index is -0.167. The van der Waals surface area contributed by atoms with Crippen LogP contribution in [0, 0.1) is 0 Å². The van der Waals surface area contributed by atoms with Gasteiger partial charge in [0.2, 0.25) is 11.1 Å². The number of nitrogens with zero attached hydrogens (tertiary/aromatic N) is 5. The summed E-state index contributed by atoms with van der Waals surface area (Å²) in [4.78, 5) is 21.6. The number of hydrogen-bond donors (Lipinski definition) is 1. The first-order valence-electron chi connectivity index (χ1n) is 9.89. The summed E-state index contributed by atoms with van der Waals surface area (Å²) in [6, 6.07) is 17.8. The van der Waals surface area contributed by atoms with E-state index in [1.165, 1.54) is 23.1 Å². The Morgan fingerprint density at radius 3 is 2.75 bits per heavy atom. The fraction of sp³-hybridized carbons (Fsp3) is 0.0870. The molecule has 0 atom stereocenters. The average Bonchev–Trinajstić information content (AvgIpc) is 3.42. The van der Waals surface area contributed by atoms with Crippen molar-refractivity contribution in [2.75, 3.05) is 11.1 Å². The highest BCUT2D eigenvalue weighted by atomic mass is 32.2. The number of thioether (sulfide) groups is 1. The summed E-state index contributed by atoms with van der Waals surface area (Å²) in [7, 11) is 0. The van der Waals surface area contributed by atoms with Crippen molar-refractivity contribution in [2.24, 2.45) is 0 Å². The summed E-state index contributed by atoms with van der Waals surface area (Å²) in [6.07, 6.45) is 1.83. The predicted molar refractivity (Wildman–Crippen MR) is 130 cm³/mol. The number of benzene rings is 2. The molecule has 0 saturated heterocycles. The molecule has 0 spiro atoms. The van der Waals surface area contributed by atoms with Crippen LogP contribution in [-0.4, -0.2) is 36.4 Å². The van der Waals surface area contributed by atoms with Gasteiger partial charge in [0.1, 0.15) is 5.52 Å². The average molecular weight is 459 g/mol. The molecule has 2 aromatic carbocycles. The second-order valence-corrected chi connectivity index (χ2v) is 8.72. The third kappa shape index (κ3) is 4.00. The summed E-state index contributed by atoms with van der Waals surface area (Å²) in [5.41, 5.74) is 4.36. The van der Waals surface area contributed by atoms with E-state index in [0.29, 0.717) is 16.8 Å². The molecule has 5 aromatic rings. The molecule has 1 N–H and O–H groups in total. The molecule has 0 fully saturated rings. The van der Waals surface area contributed by atoms with E-state index in [1.807, 2.05) is 66.1 Å². The lowest BCUT2D eigenvalue weighted by molar-refractivity contribution is -0.113. The van der Waals surface area contributed by atoms with E-state index in [1.54, 1.807) is 0 Å². The zero-order valence-corrected chi connectivity index (χ0v) is 18.6. The van der Waals surface area contributed by atoms with E-state index in [9.17, 15) is 4.79 Å². The standard InChI is InChI=1S/C23H18N6OS2/c1-2-12-29-18-11-7-6-10-16(18)20-21(29)26-23(28-27-20)32-14-19(30)25-22-24-17(13-31-22)15-8-4-3-5-9-15/h2-11,13H,1,12,14H2,(H,24,25,30). The fourth-order valence-electron chi connectivity index (χ4n) is 3.42. The molecule has 3 aromatic heterocycles. The number of fused-ring (bicyclic) bond motifs is 3. The van der Waals surface area contributed by atoms with E-state index >= 15 is 0 Å². The van der Waals surface area contributed by atoms with E-state index in [0.717, 1.165) is 33.3 Å². The predicted octanol–water partition coefficient (Wildman–Crippen LogP) is 5.02. The Hall–Kier alpha value is -3.56. The molecule has 7 nitrogen and oxygen atoms in total. The molecule has 158 valence electrons. The Kier molecular flexibility index (Phi) is 5.66. The van der Waals surface area contributed by atoms with Gasteiger partial charge in [-0.1, -0.05) is 66.4 Å². The minimum Gasteiger partial charge on any atom is -0.320 e. The summed E-state index contributed by atoms with van der Waals surface area (Å²) >= 11 is 2.64. The molecule has 0 bridgehead atoms. The highest BCUT2D eigenvalue weighted by Gasteiger charge is 2.15. The van der Waals surface area contributed by atoms with Crippen LogP contribution < -0.4 is 5.32 Å². The molecule has 0 aliphatic rings. The van der Waals surface area contributed by atoms with Gasteiger partial charge in [0.05, 0.1) is 17.0 Å².